The molecule has 1 aromatic carbocycles. The van der Waals surface area contributed by atoms with E-state index in [0.717, 1.165) is 11.3 Å². The van der Waals surface area contributed by atoms with Crippen LogP contribution < -0.4 is 5.06 Å². The molecule has 0 saturated heterocycles. The molecule has 9 nitrogen and oxygen atoms in total. The number of fused-ring (bicyclic) bond motifs is 3. The average molecular weight is 496 g/mol. The van der Waals surface area contributed by atoms with E-state index in [-0.39, 0.29) is 18.3 Å². The third kappa shape index (κ3) is 5.72. The molecule has 11 heteroatoms. The van der Waals surface area contributed by atoms with Gasteiger partial charge >= 0.3 is 5.97 Å². The van der Waals surface area contributed by atoms with Crippen molar-refractivity contribution >= 4 is 24.5 Å². The van der Waals surface area contributed by atoms with Crippen LogP contribution in [0.1, 0.15) is 68.2 Å². The normalized spacial score (nSPS) is 18.3. The van der Waals surface area contributed by atoms with Gasteiger partial charge < -0.3 is 15.3 Å². The summed E-state index contributed by atoms with van der Waals surface area (Å²) in [5, 5.41) is 31.6. The molecule has 0 aliphatic heterocycles. The molecular weight excluding hydrogens is 465 g/mol. The number of carboxylic acid groups (broad SMARTS) is 1. The Morgan fingerprint density at radius 1 is 1.26 bits per heavy atom. The Balaban J connectivity index is 0.00000199. The van der Waals surface area contributed by atoms with Gasteiger partial charge in [0, 0.05) is 30.5 Å². The van der Waals surface area contributed by atoms with Crippen LogP contribution in [0.5, 0.6) is 0 Å². The lowest BCUT2D eigenvalue weighted by molar-refractivity contribution is -0.139. The number of hydroxylamine groups is 1. The summed E-state index contributed by atoms with van der Waals surface area (Å²) in [6, 6.07) is 4.36. The van der Waals surface area contributed by atoms with E-state index in [4.69, 9.17) is 24.1 Å². The third-order valence-corrected chi connectivity index (χ3v) is 6.03. The van der Waals surface area contributed by atoms with Gasteiger partial charge in [0.05, 0.1) is 37.1 Å². The number of hydrogen-bond acceptors (Lipinski definition) is 9. The van der Waals surface area contributed by atoms with E-state index in [0.29, 0.717) is 22.8 Å². The van der Waals surface area contributed by atoms with Crippen molar-refractivity contribution in [1.29, 1.82) is 0 Å². The number of hydrogen-bond donors (Lipinski definition) is 3. The molecule has 0 bridgehead atoms. The number of aliphatic hydroxyl groups excluding tert-OH is 2. The van der Waals surface area contributed by atoms with Gasteiger partial charge in [0.2, 0.25) is 5.95 Å². The fraction of sp³-hybridized carbons (Fsp3) is 0.522. The van der Waals surface area contributed by atoms with E-state index in [2.05, 4.69) is 12.5 Å². The monoisotopic (exact) mass is 495 g/mol. The molecule has 3 N–H and O–H groups in total. The van der Waals surface area contributed by atoms with Gasteiger partial charge in [0.25, 0.3) is 0 Å². The number of carbonyl (C=O) groups is 1. The van der Waals surface area contributed by atoms with Crippen LogP contribution in [-0.2, 0) is 22.2 Å². The van der Waals surface area contributed by atoms with Crippen LogP contribution in [0.2, 0.25) is 0 Å². The Kier molecular flexibility index (Phi) is 9.51. The lowest BCUT2D eigenvalue weighted by atomic mass is 9.69. The second-order valence-electron chi connectivity index (χ2n) is 8.61. The van der Waals surface area contributed by atoms with Gasteiger partial charge in [-0.25, -0.2) is 19.4 Å². The highest BCUT2D eigenvalue weighted by Crippen LogP contribution is 2.50. The Labute approximate surface area is 203 Å². The van der Waals surface area contributed by atoms with E-state index >= 15 is 0 Å². The number of aliphatic carboxylic acids is 1. The lowest BCUT2D eigenvalue weighted by Gasteiger charge is -2.38. The molecule has 1 aliphatic rings. The first-order valence-corrected chi connectivity index (χ1v) is 11.1. The molecule has 1 heterocycles. The minimum Gasteiger partial charge on any atom is -0.481 e. The summed E-state index contributed by atoms with van der Waals surface area (Å²) in [7, 11) is 3.21. The Morgan fingerprint density at radius 2 is 1.91 bits per heavy atom. The molecule has 0 fully saturated rings. The summed E-state index contributed by atoms with van der Waals surface area (Å²) >= 11 is 2.83. The van der Waals surface area contributed by atoms with E-state index < -0.39 is 36.3 Å². The van der Waals surface area contributed by atoms with Gasteiger partial charge in [0.1, 0.15) is 5.82 Å². The number of carboxylic acids is 1. The number of nitrogens with zero attached hydrogens (tertiary/aromatic N) is 3. The highest BCUT2D eigenvalue weighted by molar-refractivity contribution is 7.44. The molecule has 3 rings (SSSR count). The van der Waals surface area contributed by atoms with Crippen LogP contribution >= 0.6 is 0 Å². The maximum absolute atomic E-state index is 14.3. The number of rotatable bonds is 8. The highest BCUT2D eigenvalue weighted by atomic mass is 32.1. The van der Waals surface area contributed by atoms with E-state index in [1.54, 1.807) is 13.1 Å². The summed E-state index contributed by atoms with van der Waals surface area (Å²) in [6.07, 6.45) is -2.92. The van der Waals surface area contributed by atoms with Crippen molar-refractivity contribution in [1.82, 2.24) is 9.97 Å². The summed E-state index contributed by atoms with van der Waals surface area (Å²) in [5.41, 5.74) is 3.54. The van der Waals surface area contributed by atoms with Crippen LogP contribution in [0.4, 0.5) is 10.3 Å². The van der Waals surface area contributed by atoms with Gasteiger partial charge in [-0.3, -0.25) is 9.63 Å². The van der Waals surface area contributed by atoms with Crippen molar-refractivity contribution in [2.45, 2.75) is 63.6 Å². The second-order valence-corrected chi connectivity index (χ2v) is 8.61. The molecule has 0 saturated carbocycles. The number of anilines is 1. The number of aliphatic hydroxyl groups is 2. The van der Waals surface area contributed by atoms with Gasteiger partial charge in [0.15, 0.2) is 12.5 Å². The summed E-state index contributed by atoms with van der Waals surface area (Å²) in [6.45, 7) is 5.93. The Morgan fingerprint density at radius 3 is 2.47 bits per heavy atom. The number of aromatic nitrogens is 2. The molecule has 34 heavy (non-hydrogen) atoms. The molecular formula is C23H30FN3O6S. The molecule has 2 aromatic rings. The van der Waals surface area contributed by atoms with E-state index in [9.17, 15) is 19.4 Å². The zero-order valence-corrected chi connectivity index (χ0v) is 20.5. The first-order valence-electron chi connectivity index (χ1n) is 10.8. The van der Waals surface area contributed by atoms with Gasteiger partial charge in [-0.1, -0.05) is 20.8 Å². The Bertz CT molecular complexity index is 1020. The molecule has 1 aliphatic carbocycles. The zero-order chi connectivity index (χ0) is 25.7. The van der Waals surface area contributed by atoms with E-state index in [1.807, 2.05) is 20.8 Å². The number of benzene rings is 1. The second kappa shape index (κ2) is 11.7. The van der Waals surface area contributed by atoms with Crippen LogP contribution in [0.3, 0.4) is 0 Å². The van der Waals surface area contributed by atoms with Crippen molar-refractivity contribution in [2.24, 2.45) is 0 Å². The Hall–Kier alpha value is -2.60. The van der Waals surface area contributed by atoms with Gasteiger partial charge in [-0.2, -0.15) is 4.21 Å². The smallest absolute Gasteiger partial charge is 0.305 e. The summed E-state index contributed by atoms with van der Waals surface area (Å²) in [4.78, 5) is 25.6. The van der Waals surface area contributed by atoms with Crippen LogP contribution in [0.15, 0.2) is 18.2 Å². The molecule has 1 unspecified atom stereocenters. The minimum absolute atomic E-state index is 0.0376. The topological polar surface area (TPSA) is 133 Å². The van der Waals surface area contributed by atoms with Gasteiger partial charge in [-0.15, -0.1) is 0 Å². The summed E-state index contributed by atoms with van der Waals surface area (Å²) < 4.78 is 22.1. The predicted octanol–water partition coefficient (Wildman–Crippen LogP) is 2.85. The third-order valence-electron chi connectivity index (χ3n) is 6.03. The fourth-order valence-corrected chi connectivity index (χ4v) is 4.52. The average Bonchev–Trinajstić information content (AvgIpc) is 2.78. The molecule has 1 aromatic heterocycles. The quantitative estimate of drug-likeness (QED) is 0.470. The summed E-state index contributed by atoms with van der Waals surface area (Å²) in [5.74, 6) is -2.06. The molecule has 0 spiro atoms. The zero-order valence-electron chi connectivity index (χ0n) is 19.7. The maximum Gasteiger partial charge on any atom is 0.305 e. The van der Waals surface area contributed by atoms with Crippen molar-refractivity contribution < 1.29 is 33.6 Å². The highest BCUT2D eigenvalue weighted by Gasteiger charge is 2.40. The van der Waals surface area contributed by atoms with Gasteiger partial charge in [-0.05, 0) is 35.6 Å². The molecule has 0 radical (unpaired) electrons. The molecule has 0 amide bonds. The van der Waals surface area contributed by atoms with Crippen LogP contribution in [0, 0.1) is 5.82 Å². The first kappa shape index (κ1) is 27.6. The minimum atomic E-state index is -1.22. The van der Waals surface area contributed by atoms with E-state index in [1.165, 1.54) is 24.3 Å². The lowest BCUT2D eigenvalue weighted by Crippen LogP contribution is -2.32. The molecule has 4 atom stereocenters. The fourth-order valence-electron chi connectivity index (χ4n) is 4.52. The van der Waals surface area contributed by atoms with Crippen molar-refractivity contribution in [3.05, 3.63) is 40.8 Å². The molecule has 186 valence electrons. The van der Waals surface area contributed by atoms with Crippen molar-refractivity contribution in [3.63, 3.8) is 0 Å². The van der Waals surface area contributed by atoms with Crippen LogP contribution in [-0.4, -0.2) is 61.8 Å². The predicted molar refractivity (Wildman–Crippen MR) is 125 cm³/mol. The van der Waals surface area contributed by atoms with Crippen molar-refractivity contribution in [3.8, 4) is 11.3 Å². The SMILES string of the molecule is CON(C)c1nc2c(c(C(C)C)n1)C(C)[C@H]([C@@H](O)C[C@@H](O)CC(=O)O)c1cc(F)ccc1-2.O=S. The number of halogens is 1. The standard InChI is InChI=1S/C23H30FN3O5.OS/c1-11(2)21-20-12(3)19(17(29)9-14(28)10-18(30)31)16-8-13(24)6-7-15(16)22(20)26-23(25-21)27(4)32-5;1-2/h6-8,11-12,14,17,19,28-29H,9-10H2,1-5H3,(H,30,31);/t12?,14-,17+,19+;/m1./s1. The first-order chi connectivity index (χ1) is 16.0. The maximum atomic E-state index is 14.3. The van der Waals surface area contributed by atoms with Crippen LogP contribution in [0.25, 0.3) is 11.3 Å². The van der Waals surface area contributed by atoms with Crippen molar-refractivity contribution in [2.75, 3.05) is 19.2 Å². The largest absolute Gasteiger partial charge is 0.481 e.